The van der Waals surface area contributed by atoms with E-state index in [0.717, 1.165) is 0 Å². The van der Waals surface area contributed by atoms with Gasteiger partial charge in [0, 0.05) is 5.69 Å². The average molecular weight is 173 g/mol. The van der Waals surface area contributed by atoms with Crippen LogP contribution >= 0.6 is 0 Å². The van der Waals surface area contributed by atoms with Crippen LogP contribution in [0, 0.1) is 0 Å². The van der Waals surface area contributed by atoms with Gasteiger partial charge in [-0.15, -0.1) is 0 Å². The molecule has 0 fully saturated rings. The number of rotatable bonds is 2. The summed E-state index contributed by atoms with van der Waals surface area (Å²) in [4.78, 5) is 0. The molecule has 0 aromatic heterocycles. The van der Waals surface area contributed by atoms with E-state index < -0.39 is 6.43 Å². The highest BCUT2D eigenvalue weighted by molar-refractivity contribution is 5.48. The van der Waals surface area contributed by atoms with Crippen LogP contribution in [0.2, 0.25) is 0 Å². The van der Waals surface area contributed by atoms with Crippen molar-refractivity contribution >= 4 is 5.69 Å². The highest BCUT2D eigenvalue weighted by atomic mass is 19.3. The summed E-state index contributed by atoms with van der Waals surface area (Å²) in [5.41, 5.74) is 5.47. The Bertz CT molecular complexity index is 276. The number of benzene rings is 1. The van der Waals surface area contributed by atoms with Crippen molar-refractivity contribution in [2.24, 2.45) is 0 Å². The van der Waals surface area contributed by atoms with Crippen molar-refractivity contribution < 1.29 is 13.5 Å². The normalized spacial score (nSPS) is 10.3. The topological polar surface area (TPSA) is 35.2 Å². The Labute approximate surface area is 68.9 Å². The van der Waals surface area contributed by atoms with Crippen molar-refractivity contribution in [1.29, 1.82) is 0 Å². The Hall–Kier alpha value is -1.32. The zero-order valence-corrected chi connectivity index (χ0v) is 6.55. The van der Waals surface area contributed by atoms with Gasteiger partial charge in [-0.2, -0.15) is 0 Å². The van der Waals surface area contributed by atoms with E-state index in [0.29, 0.717) is 5.69 Å². The van der Waals surface area contributed by atoms with Crippen LogP contribution in [0.5, 0.6) is 5.75 Å². The first kappa shape index (κ1) is 8.77. The molecule has 2 N–H and O–H groups in total. The second-order valence-corrected chi connectivity index (χ2v) is 2.30. The third-order valence-corrected chi connectivity index (χ3v) is 1.49. The molecule has 0 saturated carbocycles. The fourth-order valence-corrected chi connectivity index (χ4v) is 0.923. The van der Waals surface area contributed by atoms with Gasteiger partial charge in [0.2, 0.25) is 0 Å². The molecule has 1 rings (SSSR count). The third kappa shape index (κ3) is 1.64. The molecule has 0 bridgehead atoms. The van der Waals surface area contributed by atoms with Gasteiger partial charge in [-0.25, -0.2) is 8.78 Å². The molecule has 0 atom stereocenters. The van der Waals surface area contributed by atoms with Gasteiger partial charge in [0.15, 0.2) is 0 Å². The van der Waals surface area contributed by atoms with Crippen molar-refractivity contribution in [1.82, 2.24) is 0 Å². The molecule has 0 heterocycles. The number of nitrogens with two attached hydrogens (primary N) is 1. The summed E-state index contributed by atoms with van der Waals surface area (Å²) in [5, 5.41) is 0. The van der Waals surface area contributed by atoms with Crippen LogP contribution in [0.3, 0.4) is 0 Å². The molecular formula is C8H9F2NO. The first-order valence-electron chi connectivity index (χ1n) is 3.36. The first-order valence-corrected chi connectivity index (χ1v) is 3.36. The minimum Gasteiger partial charge on any atom is -0.496 e. The summed E-state index contributed by atoms with van der Waals surface area (Å²) in [6.07, 6.45) is -2.55. The lowest BCUT2D eigenvalue weighted by Crippen LogP contribution is -1.94. The largest absolute Gasteiger partial charge is 0.496 e. The second-order valence-electron chi connectivity index (χ2n) is 2.30. The molecule has 12 heavy (non-hydrogen) atoms. The molecular weight excluding hydrogens is 164 g/mol. The highest BCUT2D eigenvalue weighted by Crippen LogP contribution is 2.30. The third-order valence-electron chi connectivity index (χ3n) is 1.49. The number of methoxy groups -OCH3 is 1. The summed E-state index contributed by atoms with van der Waals surface area (Å²) >= 11 is 0. The van der Waals surface area contributed by atoms with Crippen LogP contribution in [-0.2, 0) is 0 Å². The molecule has 66 valence electrons. The van der Waals surface area contributed by atoms with E-state index >= 15 is 0 Å². The molecule has 0 saturated heterocycles. The highest BCUT2D eigenvalue weighted by Gasteiger charge is 2.13. The lowest BCUT2D eigenvalue weighted by Gasteiger charge is -2.07. The molecule has 1 aromatic rings. The average Bonchev–Trinajstić information content (AvgIpc) is 2.04. The van der Waals surface area contributed by atoms with Gasteiger partial charge in [-0.1, -0.05) is 0 Å². The van der Waals surface area contributed by atoms with E-state index in [1.165, 1.54) is 25.3 Å². The molecule has 0 amide bonds. The molecule has 0 spiro atoms. The number of alkyl halides is 2. The van der Waals surface area contributed by atoms with Gasteiger partial charge in [-0.3, -0.25) is 0 Å². The Morgan fingerprint density at radius 1 is 1.42 bits per heavy atom. The number of nitrogen functional groups attached to an aromatic ring is 1. The Kier molecular flexibility index (Phi) is 2.47. The van der Waals surface area contributed by atoms with Crippen LogP contribution < -0.4 is 10.5 Å². The first-order chi connectivity index (χ1) is 5.65. The maximum Gasteiger partial charge on any atom is 0.267 e. The molecule has 0 unspecified atom stereocenters. The SMILES string of the molecule is COc1ccc(N)cc1C(F)F. The summed E-state index contributed by atoms with van der Waals surface area (Å²) in [5.74, 6) is 0.166. The molecule has 2 nitrogen and oxygen atoms in total. The van der Waals surface area contributed by atoms with Crippen molar-refractivity contribution in [3.63, 3.8) is 0 Å². The molecule has 4 heteroatoms. The monoisotopic (exact) mass is 173 g/mol. The molecule has 0 radical (unpaired) electrons. The van der Waals surface area contributed by atoms with Crippen LogP contribution in [0.4, 0.5) is 14.5 Å². The molecule has 0 aliphatic rings. The summed E-state index contributed by atoms with van der Waals surface area (Å²) in [7, 11) is 1.34. The minimum atomic E-state index is -2.55. The van der Waals surface area contributed by atoms with Crippen LogP contribution in [0.1, 0.15) is 12.0 Å². The van der Waals surface area contributed by atoms with Gasteiger partial charge in [0.25, 0.3) is 6.43 Å². The zero-order valence-electron chi connectivity index (χ0n) is 6.55. The fourth-order valence-electron chi connectivity index (χ4n) is 0.923. The van der Waals surface area contributed by atoms with Gasteiger partial charge in [0.05, 0.1) is 12.7 Å². The fraction of sp³-hybridized carbons (Fsp3) is 0.250. The second kappa shape index (κ2) is 3.38. The van der Waals surface area contributed by atoms with Crippen LogP contribution in [-0.4, -0.2) is 7.11 Å². The quantitative estimate of drug-likeness (QED) is 0.696. The van der Waals surface area contributed by atoms with Gasteiger partial charge >= 0.3 is 0 Å². The maximum absolute atomic E-state index is 12.3. The zero-order chi connectivity index (χ0) is 9.14. The van der Waals surface area contributed by atoms with E-state index in [9.17, 15) is 8.78 Å². The Morgan fingerprint density at radius 3 is 2.58 bits per heavy atom. The summed E-state index contributed by atoms with van der Waals surface area (Å²) < 4.78 is 29.2. The molecule has 0 aliphatic heterocycles. The van der Waals surface area contributed by atoms with E-state index in [1.807, 2.05) is 0 Å². The number of hydrogen-bond acceptors (Lipinski definition) is 2. The number of hydrogen-bond donors (Lipinski definition) is 1. The lowest BCUT2D eigenvalue weighted by atomic mass is 10.2. The Balaban J connectivity index is 3.12. The standard InChI is InChI=1S/C8H9F2NO/c1-12-7-3-2-5(11)4-6(7)8(9)10/h2-4,8H,11H2,1H3. The van der Waals surface area contributed by atoms with Crippen molar-refractivity contribution in [2.75, 3.05) is 12.8 Å². The Morgan fingerprint density at radius 2 is 2.08 bits per heavy atom. The lowest BCUT2D eigenvalue weighted by molar-refractivity contribution is 0.147. The van der Waals surface area contributed by atoms with Gasteiger partial charge in [0.1, 0.15) is 5.75 Å². The maximum atomic E-state index is 12.3. The van der Waals surface area contributed by atoms with Crippen LogP contribution in [0.25, 0.3) is 0 Å². The van der Waals surface area contributed by atoms with Crippen molar-refractivity contribution in [3.8, 4) is 5.75 Å². The molecule has 0 aliphatic carbocycles. The van der Waals surface area contributed by atoms with Crippen LogP contribution in [0.15, 0.2) is 18.2 Å². The van der Waals surface area contributed by atoms with Gasteiger partial charge < -0.3 is 10.5 Å². The summed E-state index contributed by atoms with van der Waals surface area (Å²) in [6, 6.07) is 4.16. The number of anilines is 1. The minimum absolute atomic E-state index is 0.166. The predicted octanol–water partition coefficient (Wildman–Crippen LogP) is 2.21. The van der Waals surface area contributed by atoms with E-state index in [1.54, 1.807) is 0 Å². The smallest absolute Gasteiger partial charge is 0.267 e. The molecule has 1 aromatic carbocycles. The van der Waals surface area contributed by atoms with E-state index in [4.69, 9.17) is 10.5 Å². The van der Waals surface area contributed by atoms with Gasteiger partial charge in [-0.05, 0) is 18.2 Å². The van der Waals surface area contributed by atoms with Crippen molar-refractivity contribution in [3.05, 3.63) is 23.8 Å². The van der Waals surface area contributed by atoms with E-state index in [-0.39, 0.29) is 11.3 Å². The number of ether oxygens (including phenoxy) is 1. The van der Waals surface area contributed by atoms with E-state index in [2.05, 4.69) is 0 Å². The van der Waals surface area contributed by atoms with Crippen molar-refractivity contribution in [2.45, 2.75) is 6.43 Å². The summed E-state index contributed by atoms with van der Waals surface area (Å²) in [6.45, 7) is 0. The predicted molar refractivity (Wildman–Crippen MR) is 42.4 cm³/mol. The number of halogens is 2.